The van der Waals surface area contributed by atoms with Gasteiger partial charge in [0.15, 0.2) is 11.5 Å². The first-order valence-corrected chi connectivity index (χ1v) is 10.3. The van der Waals surface area contributed by atoms with E-state index >= 15 is 0 Å². The fraction of sp³-hybridized carbons (Fsp3) is 0.500. The van der Waals surface area contributed by atoms with E-state index in [9.17, 15) is 0 Å². The van der Waals surface area contributed by atoms with Crippen LogP contribution in [0.4, 0.5) is 0 Å². The number of hydrogen-bond donors (Lipinski definition) is 0. The third kappa shape index (κ3) is 5.36. The minimum atomic E-state index is 1.08. The lowest BCUT2D eigenvalue weighted by molar-refractivity contribution is 0.555. The van der Waals surface area contributed by atoms with Gasteiger partial charge in [-0.15, -0.1) is 0 Å². The molecule has 0 unspecified atom stereocenters. The molecule has 1 heterocycles. The van der Waals surface area contributed by atoms with Crippen molar-refractivity contribution in [1.29, 1.82) is 0 Å². The Kier molecular flexibility index (Phi) is 6.97. The van der Waals surface area contributed by atoms with Gasteiger partial charge in [0.05, 0.1) is 0 Å². The van der Waals surface area contributed by atoms with Gasteiger partial charge in [-0.3, -0.25) is 0 Å². The summed E-state index contributed by atoms with van der Waals surface area (Å²) in [4.78, 5) is 0. The second-order valence-electron chi connectivity index (χ2n) is 7.32. The second-order valence-corrected chi connectivity index (χ2v) is 7.32. The normalized spacial score (nSPS) is 11.9. The summed E-state index contributed by atoms with van der Waals surface area (Å²) in [5, 5.41) is 0. The predicted octanol–water partition coefficient (Wildman–Crippen LogP) is 7.92. The van der Waals surface area contributed by atoms with Crippen molar-refractivity contribution >= 4 is 0 Å². The molecule has 2 aromatic carbocycles. The summed E-state index contributed by atoms with van der Waals surface area (Å²) in [6.45, 7) is 2.28. The Morgan fingerprint density at radius 2 is 1.32 bits per heavy atom. The number of unbranched alkanes of at least 4 members (excludes halogenated alkanes) is 9. The molecule has 1 nitrogen and oxygen atoms in total. The van der Waals surface area contributed by atoms with E-state index in [1.54, 1.807) is 0 Å². The molecule has 134 valence electrons. The maximum absolute atomic E-state index is 5.67. The molecule has 1 heteroatoms. The van der Waals surface area contributed by atoms with Gasteiger partial charge in [0, 0.05) is 5.56 Å². The minimum Gasteiger partial charge on any atom is -0.449 e. The average Bonchev–Trinajstić information content (AvgIpc) is 3.44. The van der Waals surface area contributed by atoms with E-state index in [1.807, 2.05) is 0 Å². The quantitative estimate of drug-likeness (QED) is 0.242. The number of benzene rings is 2. The van der Waals surface area contributed by atoms with Crippen LogP contribution in [0.25, 0.3) is 11.1 Å². The van der Waals surface area contributed by atoms with Crippen LogP contribution in [0.15, 0.2) is 42.5 Å². The van der Waals surface area contributed by atoms with Gasteiger partial charge in [-0.25, -0.2) is 0 Å². The van der Waals surface area contributed by atoms with Crippen molar-refractivity contribution in [2.24, 2.45) is 0 Å². The summed E-state index contributed by atoms with van der Waals surface area (Å²) in [5.74, 6) is 2.24. The van der Waals surface area contributed by atoms with Gasteiger partial charge in [0.2, 0.25) is 0 Å². The summed E-state index contributed by atoms with van der Waals surface area (Å²) in [7, 11) is 0. The lowest BCUT2D eigenvalue weighted by Crippen LogP contribution is -1.89. The van der Waals surface area contributed by atoms with E-state index in [4.69, 9.17) is 4.74 Å². The Labute approximate surface area is 153 Å². The lowest BCUT2D eigenvalue weighted by Gasteiger charge is -2.08. The van der Waals surface area contributed by atoms with Crippen molar-refractivity contribution < 1.29 is 4.74 Å². The molecule has 0 bridgehead atoms. The van der Waals surface area contributed by atoms with Crippen LogP contribution in [-0.4, -0.2) is 0 Å². The zero-order valence-corrected chi connectivity index (χ0v) is 15.7. The zero-order valence-electron chi connectivity index (χ0n) is 15.7. The molecular formula is C24H32O. The monoisotopic (exact) mass is 336 g/mol. The van der Waals surface area contributed by atoms with Gasteiger partial charge in [-0.1, -0.05) is 101 Å². The molecule has 0 radical (unpaired) electrons. The fourth-order valence-corrected chi connectivity index (χ4v) is 3.71. The first kappa shape index (κ1) is 18.0. The van der Waals surface area contributed by atoms with E-state index in [1.165, 1.54) is 80.9 Å². The van der Waals surface area contributed by atoms with E-state index < -0.39 is 0 Å². The SMILES string of the molecule is CCCCCCCCCCCCc1c(-c2ccccc2)ccc2c1O2. The molecular weight excluding hydrogens is 304 g/mol. The van der Waals surface area contributed by atoms with Gasteiger partial charge in [0.25, 0.3) is 0 Å². The van der Waals surface area contributed by atoms with Crippen molar-refractivity contribution in [1.82, 2.24) is 0 Å². The summed E-state index contributed by atoms with van der Waals surface area (Å²) < 4.78 is 5.67. The van der Waals surface area contributed by atoms with Crippen LogP contribution in [-0.2, 0) is 6.42 Å². The van der Waals surface area contributed by atoms with Gasteiger partial charge < -0.3 is 4.74 Å². The van der Waals surface area contributed by atoms with Gasteiger partial charge in [0.1, 0.15) is 0 Å². The molecule has 3 rings (SSSR count). The molecule has 0 atom stereocenters. The third-order valence-electron chi connectivity index (χ3n) is 5.26. The van der Waals surface area contributed by atoms with Crippen LogP contribution in [0.5, 0.6) is 11.5 Å². The second kappa shape index (κ2) is 9.65. The molecule has 0 spiro atoms. The molecule has 0 aliphatic carbocycles. The number of fused-ring (bicyclic) bond motifs is 1. The van der Waals surface area contributed by atoms with Crippen LogP contribution in [0, 0.1) is 0 Å². The molecule has 0 amide bonds. The maximum atomic E-state index is 5.67. The van der Waals surface area contributed by atoms with Crippen molar-refractivity contribution in [3.8, 4) is 22.6 Å². The molecule has 25 heavy (non-hydrogen) atoms. The van der Waals surface area contributed by atoms with Gasteiger partial charge in [-0.2, -0.15) is 0 Å². The summed E-state index contributed by atoms with van der Waals surface area (Å²) in [5.41, 5.74) is 4.08. The Hall–Kier alpha value is -1.76. The Balaban J connectivity index is 1.40. The number of rotatable bonds is 12. The van der Waals surface area contributed by atoms with E-state index in [0.29, 0.717) is 0 Å². The minimum absolute atomic E-state index is 1.08. The van der Waals surface area contributed by atoms with E-state index in [2.05, 4.69) is 49.4 Å². The maximum Gasteiger partial charge on any atom is 0.173 e. The van der Waals surface area contributed by atoms with E-state index in [0.717, 1.165) is 17.9 Å². The molecule has 0 fully saturated rings. The highest BCUT2D eigenvalue weighted by molar-refractivity contribution is 5.76. The van der Waals surface area contributed by atoms with Crippen molar-refractivity contribution in [3.63, 3.8) is 0 Å². The third-order valence-corrected chi connectivity index (χ3v) is 5.26. The summed E-state index contributed by atoms with van der Waals surface area (Å²) in [6, 6.07) is 15.1. The van der Waals surface area contributed by atoms with Crippen LogP contribution >= 0.6 is 0 Å². The average molecular weight is 337 g/mol. The number of hydrogen-bond acceptors (Lipinski definition) is 1. The molecule has 1 aliphatic rings. The first-order chi connectivity index (χ1) is 12.4. The Morgan fingerprint density at radius 3 is 2.00 bits per heavy atom. The van der Waals surface area contributed by atoms with E-state index in [-0.39, 0.29) is 0 Å². The number of ether oxygens (including phenoxy) is 1. The largest absolute Gasteiger partial charge is 0.449 e. The predicted molar refractivity (Wildman–Crippen MR) is 108 cm³/mol. The lowest BCUT2D eigenvalue weighted by atomic mass is 9.95. The highest BCUT2D eigenvalue weighted by atomic mass is 16.6. The molecule has 0 saturated carbocycles. The van der Waals surface area contributed by atoms with Crippen LogP contribution < -0.4 is 4.74 Å². The van der Waals surface area contributed by atoms with Gasteiger partial charge in [-0.05, 0) is 30.0 Å². The molecule has 0 N–H and O–H groups in total. The van der Waals surface area contributed by atoms with Crippen LogP contribution in [0.2, 0.25) is 0 Å². The summed E-state index contributed by atoms with van der Waals surface area (Å²) in [6.07, 6.45) is 15.0. The van der Waals surface area contributed by atoms with Crippen molar-refractivity contribution in [3.05, 3.63) is 48.0 Å². The Morgan fingerprint density at radius 1 is 0.680 bits per heavy atom. The highest BCUT2D eigenvalue weighted by Gasteiger charge is 2.26. The molecule has 1 aliphatic heterocycles. The fourth-order valence-electron chi connectivity index (χ4n) is 3.71. The standard InChI is InChI=1S/C24H32O/c1-2-3-4-5-6-7-8-9-10-14-17-22-21(18-19-23-24(22)25-23)20-15-12-11-13-16-20/h11-13,15-16,18-19H,2-10,14,17H2,1H3. The first-order valence-electron chi connectivity index (χ1n) is 10.3. The molecule has 0 saturated heterocycles. The van der Waals surface area contributed by atoms with Crippen molar-refractivity contribution in [2.45, 2.75) is 77.6 Å². The molecule has 0 aromatic heterocycles. The highest BCUT2D eigenvalue weighted by Crippen LogP contribution is 2.51. The van der Waals surface area contributed by atoms with Crippen LogP contribution in [0.1, 0.15) is 76.7 Å². The molecule has 2 aromatic rings. The smallest absolute Gasteiger partial charge is 0.173 e. The Bertz CT molecular complexity index is 645. The topological polar surface area (TPSA) is 12.5 Å². The van der Waals surface area contributed by atoms with Crippen LogP contribution in [0.3, 0.4) is 0 Å². The zero-order chi connectivity index (χ0) is 17.3. The van der Waals surface area contributed by atoms with Gasteiger partial charge >= 0.3 is 0 Å². The van der Waals surface area contributed by atoms with Crippen molar-refractivity contribution in [2.75, 3.05) is 0 Å². The summed E-state index contributed by atoms with van der Waals surface area (Å²) >= 11 is 0.